The molecule has 0 saturated heterocycles. The minimum atomic E-state index is -1.14. The Hall–Kier alpha value is -1.56. The van der Waals surface area contributed by atoms with E-state index in [4.69, 9.17) is 0 Å². The van der Waals surface area contributed by atoms with Crippen molar-refractivity contribution >= 4 is 5.69 Å². The third-order valence-electron chi connectivity index (χ3n) is 3.74. The van der Waals surface area contributed by atoms with Crippen LogP contribution in [0.1, 0.15) is 25.8 Å². The number of benzene rings is 1. The third kappa shape index (κ3) is 3.07. The van der Waals surface area contributed by atoms with Crippen LogP contribution in [0.5, 0.6) is 0 Å². The molecule has 1 aromatic carbocycles. The molecule has 104 valence electrons. The van der Waals surface area contributed by atoms with Gasteiger partial charge in [-0.25, -0.2) is 4.39 Å². The molecule has 0 bridgehead atoms. The fourth-order valence-electron chi connectivity index (χ4n) is 2.16. The SMILES string of the molecule is CC1(C)CC1CNCc1cc([N+](=O)[O-])c(F)cc1F. The normalized spacial score (nSPS) is 20.3. The fourth-order valence-corrected chi connectivity index (χ4v) is 2.16. The Morgan fingerprint density at radius 2 is 2.05 bits per heavy atom. The Labute approximate surface area is 110 Å². The molecule has 1 unspecified atom stereocenters. The molecule has 0 spiro atoms. The molecule has 6 heteroatoms. The van der Waals surface area contributed by atoms with Gasteiger partial charge in [0.2, 0.25) is 5.82 Å². The summed E-state index contributed by atoms with van der Waals surface area (Å²) in [4.78, 5) is 9.74. The molecule has 1 saturated carbocycles. The van der Waals surface area contributed by atoms with Crippen LogP contribution in [0, 0.1) is 33.1 Å². The zero-order valence-corrected chi connectivity index (χ0v) is 10.9. The van der Waals surface area contributed by atoms with E-state index in [0.717, 1.165) is 19.0 Å². The maximum absolute atomic E-state index is 13.5. The van der Waals surface area contributed by atoms with Crippen molar-refractivity contribution in [1.82, 2.24) is 5.32 Å². The van der Waals surface area contributed by atoms with Crippen LogP contribution in [0.25, 0.3) is 0 Å². The zero-order chi connectivity index (χ0) is 14.2. The zero-order valence-electron chi connectivity index (χ0n) is 10.9. The Kier molecular flexibility index (Phi) is 3.54. The van der Waals surface area contributed by atoms with Gasteiger partial charge in [-0.05, 0) is 24.3 Å². The number of halogens is 2. The van der Waals surface area contributed by atoms with Gasteiger partial charge in [-0.1, -0.05) is 13.8 Å². The van der Waals surface area contributed by atoms with Crippen LogP contribution in [0.2, 0.25) is 0 Å². The van der Waals surface area contributed by atoms with Gasteiger partial charge in [0.05, 0.1) is 4.92 Å². The summed E-state index contributed by atoms with van der Waals surface area (Å²) in [6.45, 7) is 5.21. The standard InChI is InChI=1S/C13H16F2N2O2/c1-13(2)5-9(13)7-16-6-8-3-12(17(18)19)11(15)4-10(8)14/h3-4,9,16H,5-7H2,1-2H3. The van der Waals surface area contributed by atoms with E-state index in [1.165, 1.54) is 0 Å². The monoisotopic (exact) mass is 270 g/mol. The maximum atomic E-state index is 13.5. The molecular formula is C13H16F2N2O2. The predicted octanol–water partition coefficient (Wildman–Crippen LogP) is 3.01. The summed E-state index contributed by atoms with van der Waals surface area (Å²) in [5.41, 5.74) is -0.253. The highest BCUT2D eigenvalue weighted by Crippen LogP contribution is 2.50. The van der Waals surface area contributed by atoms with Gasteiger partial charge in [-0.2, -0.15) is 4.39 Å². The van der Waals surface area contributed by atoms with Crippen molar-refractivity contribution in [3.63, 3.8) is 0 Å². The highest BCUT2D eigenvalue weighted by molar-refractivity contribution is 5.37. The highest BCUT2D eigenvalue weighted by Gasteiger charge is 2.44. The Morgan fingerprint density at radius 1 is 1.42 bits per heavy atom. The van der Waals surface area contributed by atoms with E-state index in [0.29, 0.717) is 17.4 Å². The average Bonchev–Trinajstić information content (AvgIpc) is 2.89. The van der Waals surface area contributed by atoms with Crippen LogP contribution in [0.3, 0.4) is 0 Å². The van der Waals surface area contributed by atoms with E-state index in [1.807, 2.05) is 0 Å². The Bertz CT molecular complexity index is 518. The van der Waals surface area contributed by atoms with E-state index >= 15 is 0 Å². The van der Waals surface area contributed by atoms with Crippen LogP contribution in [-0.2, 0) is 6.54 Å². The summed E-state index contributed by atoms with van der Waals surface area (Å²) in [6.07, 6.45) is 1.12. The van der Waals surface area contributed by atoms with Crippen molar-refractivity contribution < 1.29 is 13.7 Å². The van der Waals surface area contributed by atoms with Gasteiger partial charge >= 0.3 is 5.69 Å². The molecular weight excluding hydrogens is 254 g/mol. The van der Waals surface area contributed by atoms with Gasteiger partial charge in [0.25, 0.3) is 0 Å². The number of nitrogens with one attached hydrogen (secondary N) is 1. The molecule has 0 aliphatic heterocycles. The molecule has 1 aliphatic carbocycles. The Balaban J connectivity index is 2.00. The van der Waals surface area contributed by atoms with E-state index in [9.17, 15) is 18.9 Å². The minimum Gasteiger partial charge on any atom is -0.312 e. The van der Waals surface area contributed by atoms with E-state index < -0.39 is 22.2 Å². The van der Waals surface area contributed by atoms with Crippen LogP contribution >= 0.6 is 0 Å². The topological polar surface area (TPSA) is 55.2 Å². The Morgan fingerprint density at radius 3 is 2.58 bits per heavy atom. The quantitative estimate of drug-likeness (QED) is 0.661. The molecule has 1 aromatic rings. The van der Waals surface area contributed by atoms with Gasteiger partial charge in [0.1, 0.15) is 5.82 Å². The van der Waals surface area contributed by atoms with Gasteiger partial charge in [0, 0.05) is 24.2 Å². The first-order chi connectivity index (χ1) is 8.81. The van der Waals surface area contributed by atoms with Crippen molar-refractivity contribution in [2.45, 2.75) is 26.8 Å². The average molecular weight is 270 g/mol. The van der Waals surface area contributed by atoms with Crippen LogP contribution in [0.4, 0.5) is 14.5 Å². The van der Waals surface area contributed by atoms with Crippen LogP contribution < -0.4 is 5.32 Å². The van der Waals surface area contributed by atoms with Crippen LogP contribution in [0.15, 0.2) is 12.1 Å². The van der Waals surface area contributed by atoms with Gasteiger partial charge < -0.3 is 5.32 Å². The van der Waals surface area contributed by atoms with Gasteiger partial charge in [-0.3, -0.25) is 10.1 Å². The predicted molar refractivity (Wildman–Crippen MR) is 66.6 cm³/mol. The highest BCUT2D eigenvalue weighted by atomic mass is 19.1. The fraction of sp³-hybridized carbons (Fsp3) is 0.538. The molecule has 0 aromatic heterocycles. The van der Waals surface area contributed by atoms with E-state index in [1.54, 1.807) is 0 Å². The first kappa shape index (κ1) is 13.9. The molecule has 0 radical (unpaired) electrons. The summed E-state index contributed by atoms with van der Waals surface area (Å²) in [6, 6.07) is 1.52. The number of hydrogen-bond acceptors (Lipinski definition) is 3. The molecule has 1 fully saturated rings. The molecule has 1 aliphatic rings. The first-order valence-corrected chi connectivity index (χ1v) is 6.14. The van der Waals surface area contributed by atoms with Gasteiger partial charge in [0.15, 0.2) is 0 Å². The van der Waals surface area contributed by atoms with Crippen molar-refractivity contribution in [3.05, 3.63) is 39.4 Å². The lowest BCUT2D eigenvalue weighted by molar-refractivity contribution is -0.387. The lowest BCUT2D eigenvalue weighted by Gasteiger charge is -2.07. The lowest BCUT2D eigenvalue weighted by Crippen LogP contribution is -2.19. The third-order valence-corrected chi connectivity index (χ3v) is 3.74. The summed E-state index contributed by atoms with van der Waals surface area (Å²) in [5, 5.41) is 13.6. The van der Waals surface area contributed by atoms with Crippen LogP contribution in [-0.4, -0.2) is 11.5 Å². The summed E-state index contributed by atoms with van der Waals surface area (Å²) in [7, 11) is 0. The molecule has 2 rings (SSSR count). The number of nitro benzene ring substituents is 1. The first-order valence-electron chi connectivity index (χ1n) is 6.14. The largest absolute Gasteiger partial charge is 0.312 e. The second-order valence-electron chi connectivity index (χ2n) is 5.67. The van der Waals surface area contributed by atoms with E-state index in [-0.39, 0.29) is 12.1 Å². The lowest BCUT2D eigenvalue weighted by atomic mass is 10.1. The second-order valence-corrected chi connectivity index (χ2v) is 5.67. The van der Waals surface area contributed by atoms with E-state index in [2.05, 4.69) is 19.2 Å². The van der Waals surface area contributed by atoms with Crippen molar-refractivity contribution in [2.24, 2.45) is 11.3 Å². The van der Waals surface area contributed by atoms with Crippen molar-refractivity contribution in [3.8, 4) is 0 Å². The molecule has 0 amide bonds. The molecule has 19 heavy (non-hydrogen) atoms. The number of nitro groups is 1. The second kappa shape index (κ2) is 4.85. The number of rotatable bonds is 5. The maximum Gasteiger partial charge on any atom is 0.305 e. The number of nitrogens with zero attached hydrogens (tertiary/aromatic N) is 1. The minimum absolute atomic E-state index is 0.117. The molecule has 1 atom stereocenters. The summed E-state index contributed by atoms with van der Waals surface area (Å²) in [5.74, 6) is -1.36. The molecule has 0 heterocycles. The van der Waals surface area contributed by atoms with Gasteiger partial charge in [-0.15, -0.1) is 0 Å². The summed E-state index contributed by atoms with van der Waals surface area (Å²) >= 11 is 0. The molecule has 4 nitrogen and oxygen atoms in total. The summed E-state index contributed by atoms with van der Waals surface area (Å²) < 4.78 is 26.6. The van der Waals surface area contributed by atoms with Crippen molar-refractivity contribution in [2.75, 3.05) is 6.54 Å². The smallest absolute Gasteiger partial charge is 0.305 e. The molecule has 1 N–H and O–H groups in total. The number of hydrogen-bond donors (Lipinski definition) is 1. The van der Waals surface area contributed by atoms with Crippen molar-refractivity contribution in [1.29, 1.82) is 0 Å².